The van der Waals surface area contributed by atoms with E-state index in [4.69, 9.17) is 4.74 Å². The third kappa shape index (κ3) is 3.22. The number of ether oxygens (including phenoxy) is 1. The molecule has 4 nitrogen and oxygen atoms in total. The molecular formula is C22H30N2O2. The third-order valence-corrected chi connectivity index (χ3v) is 6.38. The van der Waals surface area contributed by atoms with Crippen LogP contribution >= 0.6 is 0 Å². The number of nitrogens with zero attached hydrogens (tertiary/aromatic N) is 1. The molecule has 2 heterocycles. The van der Waals surface area contributed by atoms with E-state index in [0.717, 1.165) is 49.9 Å². The number of carbonyl (C=O) groups is 1. The summed E-state index contributed by atoms with van der Waals surface area (Å²) in [4.78, 5) is 18.8. The predicted octanol–water partition coefficient (Wildman–Crippen LogP) is 4.60. The molecule has 2 fully saturated rings. The molecule has 2 aromatic rings. The second kappa shape index (κ2) is 7.34. The van der Waals surface area contributed by atoms with E-state index in [1.807, 2.05) is 6.07 Å². The van der Waals surface area contributed by atoms with Gasteiger partial charge in [-0.15, -0.1) is 0 Å². The predicted molar refractivity (Wildman–Crippen MR) is 105 cm³/mol. The number of carbonyl (C=O) groups excluding carboxylic acids is 1. The number of nitrogens with one attached hydrogen (secondary N) is 1. The van der Waals surface area contributed by atoms with Crippen LogP contribution in [0, 0.1) is 12.8 Å². The first kappa shape index (κ1) is 17.4. The van der Waals surface area contributed by atoms with Crippen molar-refractivity contribution in [3.05, 3.63) is 29.5 Å². The largest absolute Gasteiger partial charge is 0.497 e. The molecule has 1 aromatic heterocycles. The molecule has 4 rings (SSSR count). The summed E-state index contributed by atoms with van der Waals surface area (Å²) in [6, 6.07) is 6.55. The summed E-state index contributed by atoms with van der Waals surface area (Å²) in [5, 5.41) is 1.24. The van der Waals surface area contributed by atoms with Crippen LogP contribution in [0.15, 0.2) is 18.2 Å². The highest BCUT2D eigenvalue weighted by atomic mass is 16.5. The fourth-order valence-corrected chi connectivity index (χ4v) is 4.91. The van der Waals surface area contributed by atoms with Crippen molar-refractivity contribution in [1.82, 2.24) is 9.88 Å². The lowest BCUT2D eigenvalue weighted by Gasteiger charge is -2.31. The van der Waals surface area contributed by atoms with Gasteiger partial charge in [0.05, 0.1) is 7.11 Å². The quantitative estimate of drug-likeness (QED) is 0.872. The molecule has 2 aliphatic rings. The first-order valence-electron chi connectivity index (χ1n) is 10.1. The Morgan fingerprint density at radius 3 is 2.77 bits per heavy atom. The van der Waals surface area contributed by atoms with E-state index in [1.165, 1.54) is 35.9 Å². The van der Waals surface area contributed by atoms with Crippen molar-refractivity contribution in [3.63, 3.8) is 0 Å². The number of rotatable bonds is 4. The Hall–Kier alpha value is -1.97. The number of hydrogen-bond acceptors (Lipinski definition) is 2. The highest BCUT2D eigenvalue weighted by Gasteiger charge is 2.34. The molecule has 0 radical (unpaired) electrons. The monoisotopic (exact) mass is 354 g/mol. The van der Waals surface area contributed by atoms with Crippen molar-refractivity contribution >= 4 is 16.8 Å². The molecule has 0 spiro atoms. The summed E-state index contributed by atoms with van der Waals surface area (Å²) in [6.07, 6.45) is 9.10. The maximum Gasteiger partial charge on any atom is 0.225 e. The normalized spacial score (nSPS) is 21.5. The van der Waals surface area contributed by atoms with Gasteiger partial charge in [0.1, 0.15) is 5.75 Å². The van der Waals surface area contributed by atoms with Gasteiger partial charge in [-0.25, -0.2) is 0 Å². The van der Waals surface area contributed by atoms with Gasteiger partial charge < -0.3 is 14.6 Å². The van der Waals surface area contributed by atoms with Crippen molar-refractivity contribution in [1.29, 1.82) is 0 Å². The van der Waals surface area contributed by atoms with Crippen molar-refractivity contribution in [2.75, 3.05) is 13.7 Å². The Kier molecular flexibility index (Phi) is 4.92. The smallest absolute Gasteiger partial charge is 0.225 e. The molecule has 1 amide bonds. The van der Waals surface area contributed by atoms with Gasteiger partial charge in [0.25, 0.3) is 0 Å². The van der Waals surface area contributed by atoms with Crippen molar-refractivity contribution in [3.8, 4) is 5.75 Å². The van der Waals surface area contributed by atoms with Crippen LogP contribution in [0.4, 0.5) is 0 Å². The standard InChI is InChI=1S/C22H30N2O2/c1-15-19(20-14-18(26-2)10-11-21(20)23-15)13-17-9-6-12-24(17)22(25)16-7-4-3-5-8-16/h10-11,14,16-17,23H,3-9,12-13H2,1-2H3. The molecule has 26 heavy (non-hydrogen) atoms. The number of amides is 1. The summed E-state index contributed by atoms with van der Waals surface area (Å²) in [7, 11) is 1.71. The van der Waals surface area contributed by atoms with Crippen LogP contribution in [0.1, 0.15) is 56.2 Å². The zero-order chi connectivity index (χ0) is 18.1. The van der Waals surface area contributed by atoms with E-state index in [-0.39, 0.29) is 5.92 Å². The molecule has 4 heteroatoms. The van der Waals surface area contributed by atoms with Gasteiger partial charge in [0.15, 0.2) is 0 Å². The zero-order valence-electron chi connectivity index (χ0n) is 16.0. The number of methoxy groups -OCH3 is 1. The highest BCUT2D eigenvalue weighted by Crippen LogP contribution is 2.33. The van der Waals surface area contributed by atoms with Crippen LogP contribution in [0.2, 0.25) is 0 Å². The lowest BCUT2D eigenvalue weighted by Crippen LogP contribution is -2.41. The molecular weight excluding hydrogens is 324 g/mol. The summed E-state index contributed by atoms with van der Waals surface area (Å²) in [5.74, 6) is 1.58. The minimum atomic E-state index is 0.272. The molecule has 1 unspecified atom stereocenters. The van der Waals surface area contributed by atoms with Gasteiger partial charge in [-0.05, 0) is 62.8 Å². The Labute approximate surface area is 155 Å². The molecule has 1 saturated heterocycles. The number of H-pyrrole nitrogens is 1. The lowest BCUT2D eigenvalue weighted by atomic mass is 9.88. The van der Waals surface area contributed by atoms with Gasteiger partial charge in [-0.3, -0.25) is 4.79 Å². The number of aryl methyl sites for hydroxylation is 1. The number of hydrogen-bond donors (Lipinski definition) is 1. The van der Waals surface area contributed by atoms with E-state index in [2.05, 4.69) is 28.9 Å². The highest BCUT2D eigenvalue weighted by molar-refractivity contribution is 5.86. The Balaban J connectivity index is 1.57. The average Bonchev–Trinajstić information content (AvgIpc) is 3.26. The fraction of sp³-hybridized carbons (Fsp3) is 0.591. The second-order valence-electron chi connectivity index (χ2n) is 8.01. The molecule has 0 bridgehead atoms. The lowest BCUT2D eigenvalue weighted by molar-refractivity contribution is -0.137. The third-order valence-electron chi connectivity index (χ3n) is 6.38. The maximum absolute atomic E-state index is 13.1. The minimum Gasteiger partial charge on any atom is -0.497 e. The number of benzene rings is 1. The number of likely N-dealkylation sites (tertiary alicyclic amines) is 1. The van der Waals surface area contributed by atoms with Gasteiger partial charge in [-0.1, -0.05) is 19.3 Å². The van der Waals surface area contributed by atoms with Crippen LogP contribution in [-0.4, -0.2) is 35.5 Å². The van der Waals surface area contributed by atoms with Crippen LogP contribution in [0.25, 0.3) is 10.9 Å². The maximum atomic E-state index is 13.1. The van der Waals surface area contributed by atoms with Gasteiger partial charge in [0.2, 0.25) is 5.91 Å². The van der Waals surface area contributed by atoms with Gasteiger partial charge in [0, 0.05) is 35.1 Å². The summed E-state index contributed by atoms with van der Waals surface area (Å²) in [6.45, 7) is 3.08. The fourth-order valence-electron chi connectivity index (χ4n) is 4.91. The summed E-state index contributed by atoms with van der Waals surface area (Å²) >= 11 is 0. The van der Waals surface area contributed by atoms with Gasteiger partial charge >= 0.3 is 0 Å². The zero-order valence-corrected chi connectivity index (χ0v) is 16.0. The molecule has 140 valence electrons. The average molecular weight is 354 g/mol. The number of fused-ring (bicyclic) bond motifs is 1. The van der Waals surface area contributed by atoms with E-state index in [1.54, 1.807) is 7.11 Å². The Morgan fingerprint density at radius 1 is 1.19 bits per heavy atom. The molecule has 1 atom stereocenters. The van der Waals surface area contributed by atoms with Crippen molar-refractivity contribution < 1.29 is 9.53 Å². The number of aromatic nitrogens is 1. The van der Waals surface area contributed by atoms with Crippen molar-refractivity contribution in [2.24, 2.45) is 5.92 Å². The Bertz CT molecular complexity index is 789. The summed E-state index contributed by atoms with van der Waals surface area (Å²) in [5.41, 5.74) is 3.71. The molecule has 1 aliphatic carbocycles. The Morgan fingerprint density at radius 2 is 2.00 bits per heavy atom. The number of aromatic amines is 1. The van der Waals surface area contributed by atoms with Crippen molar-refractivity contribution in [2.45, 2.75) is 64.3 Å². The second-order valence-corrected chi connectivity index (χ2v) is 8.01. The molecule has 1 aliphatic heterocycles. The first-order valence-corrected chi connectivity index (χ1v) is 10.1. The van der Waals surface area contributed by atoms with E-state index < -0.39 is 0 Å². The van der Waals surface area contributed by atoms with Crippen LogP contribution in [0.5, 0.6) is 5.75 Å². The molecule has 1 N–H and O–H groups in total. The first-order chi connectivity index (χ1) is 12.7. The molecule has 1 aromatic carbocycles. The topological polar surface area (TPSA) is 45.3 Å². The minimum absolute atomic E-state index is 0.272. The molecule has 1 saturated carbocycles. The van der Waals surface area contributed by atoms with Gasteiger partial charge in [-0.2, -0.15) is 0 Å². The van der Waals surface area contributed by atoms with Crippen LogP contribution in [-0.2, 0) is 11.2 Å². The van der Waals surface area contributed by atoms with Crippen LogP contribution in [0.3, 0.4) is 0 Å². The van der Waals surface area contributed by atoms with Crippen LogP contribution < -0.4 is 4.74 Å². The summed E-state index contributed by atoms with van der Waals surface area (Å²) < 4.78 is 5.42. The van der Waals surface area contributed by atoms with E-state index >= 15 is 0 Å². The van der Waals surface area contributed by atoms with E-state index in [9.17, 15) is 4.79 Å². The van der Waals surface area contributed by atoms with E-state index in [0.29, 0.717) is 11.9 Å². The SMILES string of the molecule is COc1ccc2[nH]c(C)c(CC3CCCN3C(=O)C3CCCCC3)c2c1.